The van der Waals surface area contributed by atoms with Crippen molar-refractivity contribution in [1.29, 1.82) is 0 Å². The van der Waals surface area contributed by atoms with Crippen molar-refractivity contribution in [2.45, 2.75) is 13.5 Å². The smallest absolute Gasteiger partial charge is 0.308 e. The van der Waals surface area contributed by atoms with Gasteiger partial charge in [-0.15, -0.1) is 0 Å². The Morgan fingerprint density at radius 3 is 2.44 bits per heavy atom. The summed E-state index contributed by atoms with van der Waals surface area (Å²) >= 11 is 11.9. The Hall–Kier alpha value is -0.770. The molecule has 2 rings (SSSR count). The van der Waals surface area contributed by atoms with E-state index in [1.807, 2.05) is 19.1 Å². The van der Waals surface area contributed by atoms with Crippen molar-refractivity contribution in [2.24, 2.45) is 11.8 Å². The molecule has 18 heavy (non-hydrogen) atoms. The molecule has 0 aliphatic carbocycles. The van der Waals surface area contributed by atoms with Crippen LogP contribution in [0.15, 0.2) is 18.2 Å². The molecule has 0 bridgehead atoms. The molecule has 2 atom stereocenters. The lowest BCUT2D eigenvalue weighted by Crippen LogP contribution is -2.23. The quantitative estimate of drug-likeness (QED) is 0.929. The fourth-order valence-corrected chi connectivity index (χ4v) is 3.05. The van der Waals surface area contributed by atoms with Crippen LogP contribution in [0.25, 0.3) is 0 Å². The third kappa shape index (κ3) is 3.16. The van der Waals surface area contributed by atoms with Crippen LogP contribution < -0.4 is 0 Å². The van der Waals surface area contributed by atoms with Crippen LogP contribution in [0.2, 0.25) is 10.0 Å². The Labute approximate surface area is 116 Å². The maximum absolute atomic E-state index is 11.0. The van der Waals surface area contributed by atoms with Gasteiger partial charge in [-0.2, -0.15) is 0 Å². The molecule has 0 saturated carbocycles. The minimum Gasteiger partial charge on any atom is -0.481 e. The van der Waals surface area contributed by atoms with Gasteiger partial charge < -0.3 is 5.11 Å². The van der Waals surface area contributed by atoms with Gasteiger partial charge in [-0.25, -0.2) is 0 Å². The van der Waals surface area contributed by atoms with Gasteiger partial charge in [-0.3, -0.25) is 9.69 Å². The van der Waals surface area contributed by atoms with Crippen molar-refractivity contribution in [2.75, 3.05) is 13.1 Å². The van der Waals surface area contributed by atoms with E-state index in [1.165, 1.54) is 0 Å². The van der Waals surface area contributed by atoms with Crippen LogP contribution in [0.4, 0.5) is 0 Å². The standard InChI is InChI=1S/C13H15Cl2NO2/c1-8-5-16(7-12(8)13(17)18)6-9-2-10(14)4-11(15)3-9/h2-4,8,12H,5-7H2,1H3,(H,17,18)/t8-,12-/m1/s1. The molecule has 3 nitrogen and oxygen atoms in total. The van der Waals surface area contributed by atoms with Crippen LogP contribution in [0, 0.1) is 11.8 Å². The molecule has 1 saturated heterocycles. The van der Waals surface area contributed by atoms with E-state index in [9.17, 15) is 4.79 Å². The minimum absolute atomic E-state index is 0.178. The van der Waals surface area contributed by atoms with Crippen LogP contribution in [-0.2, 0) is 11.3 Å². The van der Waals surface area contributed by atoms with E-state index in [-0.39, 0.29) is 11.8 Å². The lowest BCUT2D eigenvalue weighted by molar-refractivity contribution is -0.142. The van der Waals surface area contributed by atoms with Crippen LogP contribution in [0.3, 0.4) is 0 Å². The number of hydrogen-bond donors (Lipinski definition) is 1. The fourth-order valence-electron chi connectivity index (χ4n) is 2.48. The van der Waals surface area contributed by atoms with E-state index in [4.69, 9.17) is 28.3 Å². The van der Waals surface area contributed by atoms with Crippen molar-refractivity contribution < 1.29 is 9.90 Å². The summed E-state index contributed by atoms with van der Waals surface area (Å²) in [5, 5.41) is 10.3. The molecule has 0 radical (unpaired) electrons. The first kappa shape index (κ1) is 13.7. The van der Waals surface area contributed by atoms with Gasteiger partial charge in [-0.05, 0) is 29.7 Å². The Balaban J connectivity index is 2.05. The first-order valence-corrected chi connectivity index (χ1v) is 6.61. The third-order valence-corrected chi connectivity index (χ3v) is 3.77. The van der Waals surface area contributed by atoms with E-state index < -0.39 is 5.97 Å². The highest BCUT2D eigenvalue weighted by molar-refractivity contribution is 6.34. The fraction of sp³-hybridized carbons (Fsp3) is 0.462. The summed E-state index contributed by atoms with van der Waals surface area (Å²) in [7, 11) is 0. The molecule has 0 spiro atoms. The zero-order chi connectivity index (χ0) is 13.3. The number of carbonyl (C=O) groups is 1. The molecule has 1 fully saturated rings. The molecule has 98 valence electrons. The molecule has 1 N–H and O–H groups in total. The van der Waals surface area contributed by atoms with Gasteiger partial charge >= 0.3 is 5.97 Å². The lowest BCUT2D eigenvalue weighted by atomic mass is 9.99. The molecule has 1 aliphatic rings. The molecule has 1 heterocycles. The zero-order valence-corrected chi connectivity index (χ0v) is 11.6. The number of likely N-dealkylation sites (tertiary alicyclic amines) is 1. The van der Waals surface area contributed by atoms with E-state index >= 15 is 0 Å². The highest BCUT2D eigenvalue weighted by Gasteiger charge is 2.34. The molecule has 1 aromatic rings. The third-order valence-electron chi connectivity index (χ3n) is 3.33. The Morgan fingerprint density at radius 1 is 1.33 bits per heavy atom. The maximum Gasteiger partial charge on any atom is 0.308 e. The monoisotopic (exact) mass is 287 g/mol. The average Bonchev–Trinajstić information content (AvgIpc) is 2.57. The highest BCUT2D eigenvalue weighted by atomic mass is 35.5. The molecular formula is C13H15Cl2NO2. The summed E-state index contributed by atoms with van der Waals surface area (Å²) < 4.78 is 0. The predicted octanol–water partition coefficient (Wildman–Crippen LogP) is 3.15. The lowest BCUT2D eigenvalue weighted by Gasteiger charge is -2.15. The van der Waals surface area contributed by atoms with Gasteiger partial charge in [0.15, 0.2) is 0 Å². The number of carboxylic acid groups (broad SMARTS) is 1. The van der Waals surface area contributed by atoms with Gasteiger partial charge in [0.1, 0.15) is 0 Å². The van der Waals surface area contributed by atoms with Crippen molar-refractivity contribution in [3.63, 3.8) is 0 Å². The topological polar surface area (TPSA) is 40.5 Å². The summed E-state index contributed by atoms with van der Waals surface area (Å²) in [5.74, 6) is -0.814. The minimum atomic E-state index is -0.714. The second-order valence-electron chi connectivity index (χ2n) is 4.89. The highest BCUT2D eigenvalue weighted by Crippen LogP contribution is 2.26. The molecule has 1 aromatic carbocycles. The summed E-state index contributed by atoms with van der Waals surface area (Å²) in [4.78, 5) is 13.2. The normalized spacial score (nSPS) is 24.4. The van der Waals surface area contributed by atoms with Crippen molar-refractivity contribution >= 4 is 29.2 Å². The van der Waals surface area contributed by atoms with Crippen molar-refractivity contribution in [3.05, 3.63) is 33.8 Å². The van der Waals surface area contributed by atoms with Crippen molar-refractivity contribution in [1.82, 2.24) is 4.90 Å². The number of nitrogens with zero attached hydrogens (tertiary/aromatic N) is 1. The van der Waals surface area contributed by atoms with Crippen LogP contribution in [-0.4, -0.2) is 29.1 Å². The molecule has 1 aliphatic heterocycles. The molecule has 5 heteroatoms. The van der Waals surface area contributed by atoms with Crippen LogP contribution >= 0.6 is 23.2 Å². The number of hydrogen-bond acceptors (Lipinski definition) is 2. The van der Waals surface area contributed by atoms with E-state index in [0.29, 0.717) is 23.1 Å². The Bertz CT molecular complexity index is 444. The van der Waals surface area contributed by atoms with Gasteiger partial charge in [-0.1, -0.05) is 30.1 Å². The molecule has 0 aromatic heterocycles. The Kier molecular flexibility index (Phi) is 4.15. The van der Waals surface area contributed by atoms with Crippen LogP contribution in [0.1, 0.15) is 12.5 Å². The summed E-state index contributed by atoms with van der Waals surface area (Å²) in [6, 6.07) is 5.43. The number of halogens is 2. The largest absolute Gasteiger partial charge is 0.481 e. The molecule has 0 unspecified atom stereocenters. The van der Waals surface area contributed by atoms with Gasteiger partial charge in [0.25, 0.3) is 0 Å². The maximum atomic E-state index is 11.0. The number of aliphatic carboxylic acids is 1. The SMILES string of the molecule is C[C@@H]1CN(Cc2cc(Cl)cc(Cl)c2)C[C@H]1C(=O)O. The number of benzene rings is 1. The summed E-state index contributed by atoms with van der Waals surface area (Å²) in [5.41, 5.74) is 1.02. The first-order valence-electron chi connectivity index (χ1n) is 5.86. The number of carboxylic acids is 1. The second kappa shape index (κ2) is 5.47. The van der Waals surface area contributed by atoms with Crippen LogP contribution in [0.5, 0.6) is 0 Å². The number of rotatable bonds is 3. The van der Waals surface area contributed by atoms with Crippen molar-refractivity contribution in [3.8, 4) is 0 Å². The van der Waals surface area contributed by atoms with Gasteiger partial charge in [0, 0.05) is 29.7 Å². The summed E-state index contributed by atoms with van der Waals surface area (Å²) in [6.45, 7) is 4.04. The van der Waals surface area contributed by atoms with Gasteiger partial charge in [0.2, 0.25) is 0 Å². The molecular weight excluding hydrogens is 273 g/mol. The predicted molar refractivity (Wildman–Crippen MR) is 72.0 cm³/mol. The van der Waals surface area contributed by atoms with E-state index in [2.05, 4.69) is 4.90 Å². The van der Waals surface area contributed by atoms with E-state index in [1.54, 1.807) is 6.07 Å². The second-order valence-corrected chi connectivity index (χ2v) is 5.77. The molecule has 0 amide bonds. The Morgan fingerprint density at radius 2 is 1.94 bits per heavy atom. The summed E-state index contributed by atoms with van der Waals surface area (Å²) in [6.07, 6.45) is 0. The zero-order valence-electron chi connectivity index (χ0n) is 10.1. The van der Waals surface area contributed by atoms with E-state index in [0.717, 1.165) is 12.1 Å². The first-order chi connectivity index (χ1) is 8.45. The van der Waals surface area contributed by atoms with Gasteiger partial charge in [0.05, 0.1) is 5.92 Å². The average molecular weight is 288 g/mol.